The van der Waals surface area contributed by atoms with Crippen molar-refractivity contribution < 1.29 is 14.7 Å². The third kappa shape index (κ3) is 5.22. The van der Waals surface area contributed by atoms with Crippen LogP contribution in [0.4, 0.5) is 11.4 Å². The Morgan fingerprint density at radius 2 is 1.94 bits per heavy atom. The smallest absolute Gasteiger partial charge is 0.303 e. The van der Waals surface area contributed by atoms with Crippen LogP contribution in [-0.2, 0) is 22.6 Å². The Morgan fingerprint density at radius 1 is 1.18 bits per heavy atom. The number of aryl methyl sites for hydroxylation is 1. The van der Waals surface area contributed by atoms with Gasteiger partial charge in [0.2, 0.25) is 5.91 Å². The fourth-order valence-electron chi connectivity index (χ4n) is 3.93. The molecule has 0 fully saturated rings. The molecule has 3 aromatic rings. The average molecular weight is 473 g/mol. The zero-order valence-corrected chi connectivity index (χ0v) is 19.7. The molecule has 4 rings (SSSR count). The van der Waals surface area contributed by atoms with Crippen LogP contribution < -0.4 is 5.32 Å². The molecule has 8 heteroatoms. The minimum atomic E-state index is -0.848. The van der Waals surface area contributed by atoms with Gasteiger partial charge in [-0.3, -0.25) is 14.6 Å². The topological polar surface area (TPSA) is 106 Å². The molecule has 1 amide bonds. The van der Waals surface area contributed by atoms with Crippen LogP contribution in [0.2, 0.25) is 0 Å². The van der Waals surface area contributed by atoms with Crippen LogP contribution in [0.5, 0.6) is 0 Å². The van der Waals surface area contributed by atoms with Crippen molar-refractivity contribution in [1.29, 1.82) is 5.26 Å². The number of aliphatic carboxylic acids is 1. The Labute approximate surface area is 202 Å². The van der Waals surface area contributed by atoms with E-state index < -0.39 is 11.9 Å². The van der Waals surface area contributed by atoms with E-state index in [0.29, 0.717) is 23.4 Å². The Hall–Kier alpha value is -3.80. The van der Waals surface area contributed by atoms with Gasteiger partial charge in [-0.1, -0.05) is 18.2 Å². The zero-order chi connectivity index (χ0) is 24.2. The SMILES string of the molecule is CN(C)Cc1ccc(N=C(c2ccc(CCC(=O)O)s2)C2C(=O)Nc3cc(C#N)ccc32)cc1. The van der Waals surface area contributed by atoms with Gasteiger partial charge in [-0.2, -0.15) is 5.26 Å². The molecule has 2 aromatic carbocycles. The van der Waals surface area contributed by atoms with E-state index >= 15 is 0 Å². The summed E-state index contributed by atoms with van der Waals surface area (Å²) in [6, 6.07) is 19.0. The van der Waals surface area contributed by atoms with Gasteiger partial charge in [-0.25, -0.2) is 0 Å². The molecule has 172 valence electrons. The van der Waals surface area contributed by atoms with Gasteiger partial charge < -0.3 is 15.3 Å². The second-order valence-electron chi connectivity index (χ2n) is 8.40. The number of nitriles is 1. The predicted molar refractivity (Wildman–Crippen MR) is 133 cm³/mol. The van der Waals surface area contributed by atoms with Crippen molar-refractivity contribution in [2.45, 2.75) is 25.3 Å². The molecule has 7 nitrogen and oxygen atoms in total. The zero-order valence-electron chi connectivity index (χ0n) is 18.9. The van der Waals surface area contributed by atoms with E-state index in [4.69, 9.17) is 10.1 Å². The average Bonchev–Trinajstić information content (AvgIpc) is 3.40. The summed E-state index contributed by atoms with van der Waals surface area (Å²) < 4.78 is 0. The lowest BCUT2D eigenvalue weighted by Crippen LogP contribution is -2.21. The van der Waals surface area contributed by atoms with Crippen molar-refractivity contribution in [2.75, 3.05) is 19.4 Å². The fraction of sp³-hybridized carbons (Fsp3) is 0.231. The Balaban J connectivity index is 1.75. The number of hydrogen-bond donors (Lipinski definition) is 2. The molecule has 1 aliphatic rings. The number of carbonyl (C=O) groups is 2. The quantitative estimate of drug-likeness (QED) is 0.468. The molecule has 0 radical (unpaired) electrons. The van der Waals surface area contributed by atoms with Crippen molar-refractivity contribution in [2.24, 2.45) is 4.99 Å². The first kappa shape index (κ1) is 23.4. The van der Waals surface area contributed by atoms with Gasteiger partial charge in [-0.05, 0) is 68.0 Å². The minimum Gasteiger partial charge on any atom is -0.481 e. The van der Waals surface area contributed by atoms with E-state index in [9.17, 15) is 14.9 Å². The van der Waals surface area contributed by atoms with Gasteiger partial charge in [0.15, 0.2) is 0 Å². The molecule has 34 heavy (non-hydrogen) atoms. The number of amides is 1. The van der Waals surface area contributed by atoms with Crippen molar-refractivity contribution in [3.63, 3.8) is 0 Å². The highest BCUT2D eigenvalue weighted by molar-refractivity contribution is 7.14. The van der Waals surface area contributed by atoms with Crippen LogP contribution in [0.1, 0.15) is 38.8 Å². The van der Waals surface area contributed by atoms with E-state index in [0.717, 1.165) is 33.1 Å². The lowest BCUT2D eigenvalue weighted by atomic mass is 9.93. The monoisotopic (exact) mass is 472 g/mol. The van der Waals surface area contributed by atoms with E-state index in [-0.39, 0.29) is 12.3 Å². The van der Waals surface area contributed by atoms with Crippen LogP contribution in [-0.4, -0.2) is 41.7 Å². The van der Waals surface area contributed by atoms with Crippen LogP contribution >= 0.6 is 11.3 Å². The van der Waals surface area contributed by atoms with Gasteiger partial charge in [-0.15, -0.1) is 11.3 Å². The van der Waals surface area contributed by atoms with Crippen molar-refractivity contribution in [3.8, 4) is 6.07 Å². The summed E-state index contributed by atoms with van der Waals surface area (Å²) in [7, 11) is 4.02. The van der Waals surface area contributed by atoms with Crippen LogP contribution in [0.25, 0.3) is 0 Å². The van der Waals surface area contributed by atoms with Gasteiger partial charge in [0.05, 0.1) is 29.5 Å². The van der Waals surface area contributed by atoms with Crippen molar-refractivity contribution in [1.82, 2.24) is 4.90 Å². The minimum absolute atomic E-state index is 0.0451. The molecular formula is C26H24N4O3S. The number of carbonyl (C=O) groups excluding carboxylic acids is 1. The molecule has 1 unspecified atom stereocenters. The second kappa shape index (κ2) is 10.00. The Kier molecular flexibility index (Phi) is 6.87. The number of rotatable bonds is 8. The number of carboxylic acid groups (broad SMARTS) is 1. The summed E-state index contributed by atoms with van der Waals surface area (Å²) in [4.78, 5) is 32.8. The van der Waals surface area contributed by atoms with Gasteiger partial charge >= 0.3 is 5.97 Å². The molecular weight excluding hydrogens is 448 g/mol. The number of benzene rings is 2. The van der Waals surface area contributed by atoms with Crippen LogP contribution in [0.3, 0.4) is 0 Å². The molecule has 1 atom stereocenters. The number of nitrogens with one attached hydrogen (secondary N) is 1. The number of aliphatic imine (C=N–C) groups is 1. The maximum atomic E-state index is 13.1. The molecule has 0 saturated carbocycles. The highest BCUT2D eigenvalue weighted by Gasteiger charge is 2.36. The summed E-state index contributed by atoms with van der Waals surface area (Å²) in [6.45, 7) is 0.814. The van der Waals surface area contributed by atoms with Gasteiger partial charge in [0, 0.05) is 22.0 Å². The molecule has 0 saturated heterocycles. The molecule has 0 aliphatic carbocycles. The Morgan fingerprint density at radius 3 is 2.62 bits per heavy atom. The normalized spacial score (nSPS) is 15.2. The van der Waals surface area contributed by atoms with Crippen molar-refractivity contribution >= 4 is 40.3 Å². The van der Waals surface area contributed by atoms with Gasteiger partial charge in [0.1, 0.15) is 5.92 Å². The van der Waals surface area contributed by atoms with E-state index in [2.05, 4.69) is 16.3 Å². The molecule has 2 N–H and O–H groups in total. The second-order valence-corrected chi connectivity index (χ2v) is 9.57. The summed E-state index contributed by atoms with van der Waals surface area (Å²) in [5, 5.41) is 21.1. The molecule has 0 spiro atoms. The standard InChI is InChI=1S/C26H24N4O3S/c1-30(2)15-16-3-6-18(7-4-16)28-25(22-11-8-19(34-22)9-12-23(31)32)24-20-10-5-17(14-27)13-21(20)29-26(24)33/h3-8,10-11,13,24H,9,12,15H2,1-2H3,(H,29,33)(H,31,32). The van der Waals surface area contributed by atoms with E-state index in [1.165, 1.54) is 11.3 Å². The Bertz CT molecular complexity index is 1300. The maximum Gasteiger partial charge on any atom is 0.303 e. The molecule has 1 aliphatic heterocycles. The summed E-state index contributed by atoms with van der Waals surface area (Å²) in [6.07, 6.45) is 0.467. The number of anilines is 1. The first-order valence-electron chi connectivity index (χ1n) is 10.8. The number of hydrogen-bond acceptors (Lipinski definition) is 6. The molecule has 0 bridgehead atoms. The maximum absolute atomic E-state index is 13.1. The number of nitrogens with zero attached hydrogens (tertiary/aromatic N) is 3. The van der Waals surface area contributed by atoms with Gasteiger partial charge in [0.25, 0.3) is 0 Å². The molecule has 1 aromatic heterocycles. The number of carboxylic acids is 1. The van der Waals surface area contributed by atoms with E-state index in [1.807, 2.05) is 50.5 Å². The third-order valence-corrected chi connectivity index (χ3v) is 6.64. The van der Waals surface area contributed by atoms with Crippen molar-refractivity contribution in [3.05, 3.63) is 81.0 Å². The summed E-state index contributed by atoms with van der Waals surface area (Å²) >= 11 is 1.45. The first-order valence-corrected chi connectivity index (χ1v) is 11.6. The largest absolute Gasteiger partial charge is 0.481 e. The van der Waals surface area contributed by atoms with Crippen LogP contribution in [0.15, 0.2) is 59.6 Å². The predicted octanol–water partition coefficient (Wildman–Crippen LogP) is 4.56. The highest BCUT2D eigenvalue weighted by atomic mass is 32.1. The lowest BCUT2D eigenvalue weighted by molar-refractivity contribution is -0.136. The molecule has 2 heterocycles. The number of thiophene rings is 1. The highest BCUT2D eigenvalue weighted by Crippen LogP contribution is 2.38. The third-order valence-electron chi connectivity index (χ3n) is 5.47. The fourth-order valence-corrected chi connectivity index (χ4v) is 4.95. The first-order chi connectivity index (χ1) is 16.3. The van der Waals surface area contributed by atoms with E-state index in [1.54, 1.807) is 18.2 Å². The summed E-state index contributed by atoms with van der Waals surface area (Å²) in [5.41, 5.74) is 4.35. The summed E-state index contributed by atoms with van der Waals surface area (Å²) in [5.74, 6) is -1.68. The lowest BCUT2D eigenvalue weighted by Gasteiger charge is -2.13. The number of fused-ring (bicyclic) bond motifs is 1. The van der Waals surface area contributed by atoms with Crippen LogP contribution in [0, 0.1) is 11.3 Å².